The Bertz CT molecular complexity index is 639. The summed E-state index contributed by atoms with van der Waals surface area (Å²) in [6.45, 7) is 2.16. The Morgan fingerprint density at radius 1 is 1.24 bits per heavy atom. The molecule has 0 saturated carbocycles. The molecule has 3 rings (SSSR count). The van der Waals surface area contributed by atoms with E-state index in [1.165, 1.54) is 16.7 Å². The van der Waals surface area contributed by atoms with Gasteiger partial charge in [0.1, 0.15) is 11.5 Å². The number of rotatable bonds is 4. The molecular weight excluding hydrogens is 262 g/mol. The Morgan fingerprint density at radius 2 is 2.05 bits per heavy atom. The number of para-hydroxylation sites is 1. The van der Waals surface area contributed by atoms with Crippen molar-refractivity contribution in [1.82, 2.24) is 5.32 Å². The van der Waals surface area contributed by atoms with Crippen LogP contribution in [0.2, 0.25) is 0 Å². The third-order valence-corrected chi connectivity index (χ3v) is 4.26. The first kappa shape index (κ1) is 14.0. The summed E-state index contributed by atoms with van der Waals surface area (Å²) in [7, 11) is 1.71. The SMILES string of the molecule is COc1ccccc1[C@@H](C)NC1CCc2cc(O)ccc21. The minimum atomic E-state index is 0.214. The van der Waals surface area contributed by atoms with Gasteiger partial charge in [0, 0.05) is 17.6 Å². The number of ether oxygens (including phenoxy) is 1. The molecule has 110 valence electrons. The van der Waals surface area contributed by atoms with Crippen LogP contribution in [-0.4, -0.2) is 12.2 Å². The maximum Gasteiger partial charge on any atom is 0.123 e. The van der Waals surface area contributed by atoms with Crippen molar-refractivity contribution in [2.45, 2.75) is 31.8 Å². The topological polar surface area (TPSA) is 41.5 Å². The molecular formula is C18H21NO2. The minimum Gasteiger partial charge on any atom is -0.508 e. The van der Waals surface area contributed by atoms with E-state index in [-0.39, 0.29) is 6.04 Å². The Hall–Kier alpha value is -2.00. The first-order valence-corrected chi connectivity index (χ1v) is 7.40. The molecule has 0 fully saturated rings. The summed E-state index contributed by atoms with van der Waals surface area (Å²) in [6, 6.07) is 14.4. The summed E-state index contributed by atoms with van der Waals surface area (Å²) in [5.74, 6) is 1.27. The Kier molecular flexibility index (Phi) is 3.84. The summed E-state index contributed by atoms with van der Waals surface area (Å²) >= 11 is 0. The minimum absolute atomic E-state index is 0.214. The lowest BCUT2D eigenvalue weighted by Gasteiger charge is -2.22. The molecule has 2 aromatic carbocycles. The second-order valence-corrected chi connectivity index (χ2v) is 5.60. The molecule has 0 heterocycles. The van der Waals surface area contributed by atoms with Gasteiger partial charge < -0.3 is 15.2 Å². The highest BCUT2D eigenvalue weighted by molar-refractivity contribution is 5.41. The number of hydrogen-bond donors (Lipinski definition) is 2. The maximum absolute atomic E-state index is 9.57. The van der Waals surface area contributed by atoms with E-state index in [1.807, 2.05) is 30.3 Å². The highest BCUT2D eigenvalue weighted by Gasteiger charge is 2.24. The lowest BCUT2D eigenvalue weighted by molar-refractivity contribution is 0.393. The van der Waals surface area contributed by atoms with Gasteiger partial charge in [0.25, 0.3) is 0 Å². The predicted molar refractivity (Wildman–Crippen MR) is 83.7 cm³/mol. The van der Waals surface area contributed by atoms with Crippen LogP contribution in [0.4, 0.5) is 0 Å². The third-order valence-electron chi connectivity index (χ3n) is 4.26. The van der Waals surface area contributed by atoms with Crippen LogP contribution in [0, 0.1) is 0 Å². The van der Waals surface area contributed by atoms with Gasteiger partial charge in [0.05, 0.1) is 7.11 Å². The molecule has 0 aliphatic heterocycles. The van der Waals surface area contributed by atoms with Gasteiger partial charge in [-0.3, -0.25) is 0 Å². The number of phenols is 1. The van der Waals surface area contributed by atoms with Crippen molar-refractivity contribution in [3.05, 3.63) is 59.2 Å². The number of nitrogens with one attached hydrogen (secondary N) is 1. The fourth-order valence-electron chi connectivity index (χ4n) is 3.19. The van der Waals surface area contributed by atoms with Crippen LogP contribution in [0.25, 0.3) is 0 Å². The number of methoxy groups -OCH3 is 1. The quantitative estimate of drug-likeness (QED) is 0.898. The van der Waals surface area contributed by atoms with Gasteiger partial charge in [-0.25, -0.2) is 0 Å². The molecule has 2 atom stereocenters. The highest BCUT2D eigenvalue weighted by atomic mass is 16.5. The van der Waals surface area contributed by atoms with Crippen LogP contribution >= 0.6 is 0 Å². The van der Waals surface area contributed by atoms with Gasteiger partial charge in [-0.05, 0) is 49.1 Å². The van der Waals surface area contributed by atoms with Crippen LogP contribution in [-0.2, 0) is 6.42 Å². The van der Waals surface area contributed by atoms with Gasteiger partial charge in [-0.2, -0.15) is 0 Å². The normalized spacial score (nSPS) is 18.3. The van der Waals surface area contributed by atoms with Gasteiger partial charge in [-0.1, -0.05) is 24.3 Å². The number of benzene rings is 2. The van der Waals surface area contributed by atoms with E-state index < -0.39 is 0 Å². The molecule has 0 spiro atoms. The van der Waals surface area contributed by atoms with Crippen molar-refractivity contribution in [1.29, 1.82) is 0 Å². The smallest absolute Gasteiger partial charge is 0.123 e. The molecule has 0 aromatic heterocycles. The summed E-state index contributed by atoms with van der Waals surface area (Å²) in [4.78, 5) is 0. The van der Waals surface area contributed by atoms with Crippen molar-refractivity contribution >= 4 is 0 Å². The molecule has 3 nitrogen and oxygen atoms in total. The number of hydrogen-bond acceptors (Lipinski definition) is 3. The fourth-order valence-corrected chi connectivity index (χ4v) is 3.19. The number of aromatic hydroxyl groups is 1. The van der Waals surface area contributed by atoms with Gasteiger partial charge in [-0.15, -0.1) is 0 Å². The van der Waals surface area contributed by atoms with Crippen LogP contribution < -0.4 is 10.1 Å². The molecule has 3 heteroatoms. The Labute approximate surface area is 125 Å². The van der Waals surface area contributed by atoms with Crippen LogP contribution in [0.15, 0.2) is 42.5 Å². The maximum atomic E-state index is 9.57. The average Bonchev–Trinajstić information content (AvgIpc) is 2.89. The first-order chi connectivity index (χ1) is 10.2. The molecule has 0 amide bonds. The highest BCUT2D eigenvalue weighted by Crippen LogP contribution is 2.35. The summed E-state index contributed by atoms with van der Waals surface area (Å²) in [6.07, 6.45) is 2.08. The van der Waals surface area contributed by atoms with Gasteiger partial charge in [0.15, 0.2) is 0 Å². The molecule has 2 N–H and O–H groups in total. The number of aryl methyl sites for hydroxylation is 1. The van der Waals surface area contributed by atoms with E-state index in [9.17, 15) is 5.11 Å². The van der Waals surface area contributed by atoms with Gasteiger partial charge in [0.2, 0.25) is 0 Å². The van der Waals surface area contributed by atoms with Crippen molar-refractivity contribution in [3.63, 3.8) is 0 Å². The molecule has 1 aliphatic rings. The van der Waals surface area contributed by atoms with Crippen molar-refractivity contribution < 1.29 is 9.84 Å². The van der Waals surface area contributed by atoms with Crippen molar-refractivity contribution in [2.75, 3.05) is 7.11 Å². The molecule has 0 radical (unpaired) electrons. The fraction of sp³-hybridized carbons (Fsp3) is 0.333. The van der Waals surface area contributed by atoms with E-state index in [2.05, 4.69) is 18.3 Å². The van der Waals surface area contributed by atoms with Crippen molar-refractivity contribution in [3.8, 4) is 11.5 Å². The van der Waals surface area contributed by atoms with Crippen LogP contribution in [0.5, 0.6) is 11.5 Å². The van der Waals surface area contributed by atoms with E-state index in [1.54, 1.807) is 13.2 Å². The first-order valence-electron chi connectivity index (χ1n) is 7.40. The zero-order valence-electron chi connectivity index (χ0n) is 12.5. The molecule has 0 saturated heterocycles. The standard InChI is InChI=1S/C18H21NO2/c1-12(15-5-3-4-6-18(15)21-2)19-17-10-7-13-11-14(20)8-9-16(13)17/h3-6,8-9,11-12,17,19-20H,7,10H2,1-2H3/t12-,17?/m1/s1. The predicted octanol–water partition coefficient (Wildman–Crippen LogP) is 3.74. The largest absolute Gasteiger partial charge is 0.508 e. The Morgan fingerprint density at radius 3 is 2.86 bits per heavy atom. The second kappa shape index (κ2) is 5.78. The van der Waals surface area contributed by atoms with Gasteiger partial charge >= 0.3 is 0 Å². The average molecular weight is 283 g/mol. The van der Waals surface area contributed by atoms with E-state index in [4.69, 9.17) is 4.74 Å². The molecule has 21 heavy (non-hydrogen) atoms. The van der Waals surface area contributed by atoms with Crippen LogP contribution in [0.3, 0.4) is 0 Å². The lowest BCUT2D eigenvalue weighted by Crippen LogP contribution is -2.23. The molecule has 2 aromatic rings. The Balaban J connectivity index is 1.79. The summed E-state index contributed by atoms with van der Waals surface area (Å²) < 4.78 is 5.44. The molecule has 1 aliphatic carbocycles. The number of fused-ring (bicyclic) bond motifs is 1. The third kappa shape index (κ3) is 2.74. The van der Waals surface area contributed by atoms with E-state index in [0.717, 1.165) is 18.6 Å². The summed E-state index contributed by atoms with van der Waals surface area (Å²) in [5, 5.41) is 13.3. The van der Waals surface area contributed by atoms with Crippen LogP contribution in [0.1, 0.15) is 42.1 Å². The van der Waals surface area contributed by atoms with E-state index >= 15 is 0 Å². The monoisotopic (exact) mass is 283 g/mol. The molecule has 0 bridgehead atoms. The zero-order valence-corrected chi connectivity index (χ0v) is 12.5. The molecule has 1 unspecified atom stereocenters. The second-order valence-electron chi connectivity index (χ2n) is 5.60. The van der Waals surface area contributed by atoms with Crippen molar-refractivity contribution in [2.24, 2.45) is 0 Å². The number of phenolic OH excluding ortho intramolecular Hbond substituents is 1. The summed E-state index contributed by atoms with van der Waals surface area (Å²) in [5.41, 5.74) is 3.72. The van der Waals surface area contributed by atoms with E-state index in [0.29, 0.717) is 11.8 Å². The lowest BCUT2D eigenvalue weighted by atomic mass is 10.0. The zero-order chi connectivity index (χ0) is 14.8.